The second kappa shape index (κ2) is 5.33. The lowest BCUT2D eigenvalue weighted by Crippen LogP contribution is -2.34. The summed E-state index contributed by atoms with van der Waals surface area (Å²) < 4.78 is 0. The molecular formula is C11H17ClN2O. The van der Waals surface area contributed by atoms with Crippen LogP contribution in [-0.4, -0.2) is 22.2 Å². The second-order valence-electron chi connectivity index (χ2n) is 3.88. The van der Waals surface area contributed by atoms with E-state index in [0.717, 1.165) is 12.1 Å². The van der Waals surface area contributed by atoms with Crippen LogP contribution in [0.4, 0.5) is 5.69 Å². The van der Waals surface area contributed by atoms with Crippen LogP contribution in [-0.2, 0) is 0 Å². The van der Waals surface area contributed by atoms with Crippen LogP contribution < -0.4 is 5.32 Å². The van der Waals surface area contributed by atoms with Gasteiger partial charge in [0.15, 0.2) is 0 Å². The molecule has 0 aliphatic carbocycles. The minimum absolute atomic E-state index is 0.0978. The third-order valence-electron chi connectivity index (χ3n) is 2.62. The zero-order valence-corrected chi connectivity index (χ0v) is 9.88. The lowest BCUT2D eigenvalue weighted by molar-refractivity contribution is 0.252. The van der Waals surface area contributed by atoms with Crippen molar-refractivity contribution in [1.29, 1.82) is 0 Å². The van der Waals surface area contributed by atoms with Gasteiger partial charge in [-0.05, 0) is 31.9 Å². The van der Waals surface area contributed by atoms with Crippen LogP contribution in [0.2, 0.25) is 5.15 Å². The highest BCUT2D eigenvalue weighted by molar-refractivity contribution is 6.29. The van der Waals surface area contributed by atoms with Gasteiger partial charge in [0.2, 0.25) is 0 Å². The first kappa shape index (κ1) is 12.3. The Morgan fingerprint density at radius 2 is 2.33 bits per heavy atom. The fourth-order valence-electron chi connectivity index (χ4n) is 1.40. The highest BCUT2D eigenvalue weighted by Gasteiger charge is 2.20. The topological polar surface area (TPSA) is 45.1 Å². The lowest BCUT2D eigenvalue weighted by atomic mass is 9.94. The number of hydrogen-bond acceptors (Lipinski definition) is 3. The molecule has 0 fully saturated rings. The molecule has 0 aromatic carbocycles. The number of aliphatic hydroxyl groups is 1. The van der Waals surface area contributed by atoms with Gasteiger partial charge in [0.25, 0.3) is 0 Å². The Balaban J connectivity index is 2.74. The molecule has 0 spiro atoms. The summed E-state index contributed by atoms with van der Waals surface area (Å²) >= 11 is 5.79. The smallest absolute Gasteiger partial charge is 0.131 e. The van der Waals surface area contributed by atoms with Gasteiger partial charge in [-0.3, -0.25) is 0 Å². The molecule has 0 amide bonds. The van der Waals surface area contributed by atoms with Gasteiger partial charge in [-0.1, -0.05) is 18.5 Å². The molecule has 2 N–H and O–H groups in total. The van der Waals surface area contributed by atoms with E-state index in [-0.39, 0.29) is 12.1 Å². The third-order valence-corrected chi connectivity index (χ3v) is 2.82. The summed E-state index contributed by atoms with van der Waals surface area (Å²) in [5, 5.41) is 12.8. The molecule has 3 nitrogen and oxygen atoms in total. The van der Waals surface area contributed by atoms with Crippen molar-refractivity contribution in [1.82, 2.24) is 4.98 Å². The Labute approximate surface area is 95.5 Å². The predicted molar refractivity (Wildman–Crippen MR) is 63.3 cm³/mol. The van der Waals surface area contributed by atoms with Gasteiger partial charge in [-0.2, -0.15) is 0 Å². The molecule has 0 aliphatic heterocycles. The molecule has 1 unspecified atom stereocenters. The summed E-state index contributed by atoms with van der Waals surface area (Å²) in [4.78, 5) is 3.92. The summed E-state index contributed by atoms with van der Waals surface area (Å²) in [5.74, 6) is 0. The number of nitrogens with one attached hydrogen (secondary N) is 1. The number of pyridine rings is 1. The van der Waals surface area contributed by atoms with Crippen molar-refractivity contribution in [2.75, 3.05) is 11.9 Å². The van der Waals surface area contributed by atoms with Crippen molar-refractivity contribution >= 4 is 17.3 Å². The van der Waals surface area contributed by atoms with Crippen molar-refractivity contribution < 1.29 is 5.11 Å². The number of rotatable bonds is 5. The number of aromatic nitrogens is 1. The van der Waals surface area contributed by atoms with Gasteiger partial charge in [0, 0.05) is 24.0 Å². The molecule has 0 bridgehead atoms. The normalized spacial score (nSPS) is 14.7. The molecule has 1 aromatic heterocycles. The number of aliphatic hydroxyl groups excluding tert-OH is 1. The maximum Gasteiger partial charge on any atom is 0.131 e. The van der Waals surface area contributed by atoms with E-state index >= 15 is 0 Å². The van der Waals surface area contributed by atoms with Crippen molar-refractivity contribution in [3.8, 4) is 0 Å². The largest absolute Gasteiger partial charge is 0.396 e. The Morgan fingerprint density at radius 3 is 2.87 bits per heavy atom. The number of hydrogen-bond donors (Lipinski definition) is 2. The molecule has 0 saturated heterocycles. The average Bonchev–Trinajstić information content (AvgIpc) is 2.18. The van der Waals surface area contributed by atoms with Gasteiger partial charge in [-0.25, -0.2) is 4.98 Å². The predicted octanol–water partition coefficient (Wildman–Crippen LogP) is 2.70. The van der Waals surface area contributed by atoms with E-state index in [1.54, 1.807) is 12.3 Å². The first-order valence-corrected chi connectivity index (χ1v) is 5.48. The van der Waals surface area contributed by atoms with Gasteiger partial charge in [0.05, 0.1) is 0 Å². The zero-order chi connectivity index (χ0) is 11.3. The van der Waals surface area contributed by atoms with Crippen LogP contribution in [0.5, 0.6) is 0 Å². The van der Waals surface area contributed by atoms with Crippen molar-refractivity contribution in [2.24, 2.45) is 0 Å². The van der Waals surface area contributed by atoms with E-state index < -0.39 is 0 Å². The van der Waals surface area contributed by atoms with E-state index in [4.69, 9.17) is 16.7 Å². The second-order valence-corrected chi connectivity index (χ2v) is 4.27. The Hall–Kier alpha value is -0.800. The van der Waals surface area contributed by atoms with Crippen LogP contribution >= 0.6 is 11.6 Å². The van der Waals surface area contributed by atoms with E-state index in [1.807, 2.05) is 6.07 Å². The van der Waals surface area contributed by atoms with Gasteiger partial charge < -0.3 is 10.4 Å². The molecule has 0 aliphatic rings. The molecule has 1 rings (SSSR count). The fourth-order valence-corrected chi connectivity index (χ4v) is 1.58. The van der Waals surface area contributed by atoms with Crippen LogP contribution in [0.1, 0.15) is 26.7 Å². The van der Waals surface area contributed by atoms with Crippen LogP contribution in [0.15, 0.2) is 18.3 Å². The van der Waals surface area contributed by atoms with Crippen molar-refractivity contribution in [3.05, 3.63) is 23.5 Å². The summed E-state index contributed by atoms with van der Waals surface area (Å²) in [5.41, 5.74) is 0.840. The minimum atomic E-state index is -0.0978. The molecular weight excluding hydrogens is 212 g/mol. The molecule has 0 radical (unpaired) electrons. The molecule has 1 heterocycles. The maximum absolute atomic E-state index is 8.99. The Kier molecular flexibility index (Phi) is 4.36. The summed E-state index contributed by atoms with van der Waals surface area (Å²) in [6, 6.07) is 3.66. The van der Waals surface area contributed by atoms with E-state index in [2.05, 4.69) is 24.1 Å². The Morgan fingerprint density at radius 1 is 1.60 bits per heavy atom. The SMILES string of the molecule is CCC(C)(CCO)Nc1ccnc(Cl)c1. The number of nitrogens with zero attached hydrogens (tertiary/aromatic N) is 1. The van der Waals surface area contributed by atoms with Gasteiger partial charge in [-0.15, -0.1) is 0 Å². The van der Waals surface area contributed by atoms with Crippen LogP contribution in [0.25, 0.3) is 0 Å². The van der Waals surface area contributed by atoms with E-state index in [0.29, 0.717) is 11.6 Å². The zero-order valence-electron chi connectivity index (χ0n) is 9.13. The summed E-state index contributed by atoms with van der Waals surface area (Å²) in [6.07, 6.45) is 3.32. The molecule has 1 aromatic rings. The lowest BCUT2D eigenvalue weighted by Gasteiger charge is -2.30. The van der Waals surface area contributed by atoms with Crippen molar-refractivity contribution in [3.63, 3.8) is 0 Å². The average molecular weight is 229 g/mol. The summed E-state index contributed by atoms with van der Waals surface area (Å²) in [6.45, 7) is 4.35. The highest BCUT2D eigenvalue weighted by Crippen LogP contribution is 2.22. The molecule has 84 valence electrons. The van der Waals surface area contributed by atoms with Crippen LogP contribution in [0.3, 0.4) is 0 Å². The highest BCUT2D eigenvalue weighted by atomic mass is 35.5. The van der Waals surface area contributed by atoms with E-state index in [1.165, 1.54) is 0 Å². The van der Waals surface area contributed by atoms with Gasteiger partial charge >= 0.3 is 0 Å². The van der Waals surface area contributed by atoms with Crippen LogP contribution in [0, 0.1) is 0 Å². The first-order chi connectivity index (χ1) is 7.09. The number of anilines is 1. The maximum atomic E-state index is 8.99. The fraction of sp³-hybridized carbons (Fsp3) is 0.545. The molecule has 4 heteroatoms. The third kappa shape index (κ3) is 3.68. The number of halogens is 1. The molecule has 1 atom stereocenters. The Bertz CT molecular complexity index is 319. The standard InChI is InChI=1S/C11H17ClN2O/c1-3-11(2,5-7-15)14-9-4-6-13-10(12)8-9/h4,6,8,15H,3,5,7H2,1-2H3,(H,13,14). The molecule has 0 saturated carbocycles. The first-order valence-electron chi connectivity index (χ1n) is 5.10. The monoisotopic (exact) mass is 228 g/mol. The summed E-state index contributed by atoms with van der Waals surface area (Å²) in [7, 11) is 0. The van der Waals surface area contributed by atoms with Gasteiger partial charge in [0.1, 0.15) is 5.15 Å². The molecule has 15 heavy (non-hydrogen) atoms. The van der Waals surface area contributed by atoms with Crippen molar-refractivity contribution in [2.45, 2.75) is 32.2 Å². The minimum Gasteiger partial charge on any atom is -0.396 e. The quantitative estimate of drug-likeness (QED) is 0.762. The van der Waals surface area contributed by atoms with E-state index in [9.17, 15) is 0 Å².